The summed E-state index contributed by atoms with van der Waals surface area (Å²) in [7, 11) is 1.86. The van der Waals surface area contributed by atoms with E-state index < -0.39 is 0 Å². The van der Waals surface area contributed by atoms with Gasteiger partial charge in [-0.2, -0.15) is 0 Å². The molecule has 3 rings (SSSR count). The molecule has 2 amide bonds. The van der Waals surface area contributed by atoms with E-state index in [1.807, 2.05) is 73.5 Å². The standard InChI is InChI=1S/C24H25N3O2/c1-18-12-14-19(15-13-18)16-25-24(29)21-10-6-7-11-22(21)26-23(28)17-27(2)20-8-4-3-5-9-20/h3-15H,16-17H2,1-2H3,(H,25,29)(H,26,28). The van der Waals surface area contributed by atoms with Crippen LogP contribution in [0.15, 0.2) is 78.9 Å². The second-order valence-corrected chi connectivity index (χ2v) is 6.95. The van der Waals surface area contributed by atoms with Gasteiger partial charge in [0.25, 0.3) is 5.91 Å². The van der Waals surface area contributed by atoms with Crippen molar-refractivity contribution in [2.24, 2.45) is 0 Å². The number of carbonyl (C=O) groups is 2. The van der Waals surface area contributed by atoms with Crippen molar-refractivity contribution in [1.82, 2.24) is 5.32 Å². The molecule has 0 radical (unpaired) electrons. The van der Waals surface area contributed by atoms with Crippen LogP contribution in [0.25, 0.3) is 0 Å². The molecule has 0 spiro atoms. The van der Waals surface area contributed by atoms with E-state index in [1.54, 1.807) is 24.3 Å². The number of aryl methyl sites for hydroxylation is 1. The lowest BCUT2D eigenvalue weighted by molar-refractivity contribution is -0.114. The summed E-state index contributed by atoms with van der Waals surface area (Å²) in [6.45, 7) is 2.64. The second-order valence-electron chi connectivity index (χ2n) is 6.95. The van der Waals surface area contributed by atoms with Gasteiger partial charge in [0.1, 0.15) is 0 Å². The summed E-state index contributed by atoms with van der Waals surface area (Å²) in [6, 6.07) is 24.7. The highest BCUT2D eigenvalue weighted by Crippen LogP contribution is 2.16. The van der Waals surface area contributed by atoms with Crippen LogP contribution in [0.5, 0.6) is 0 Å². The Bertz CT molecular complexity index is 969. The summed E-state index contributed by atoms with van der Waals surface area (Å²) < 4.78 is 0. The summed E-state index contributed by atoms with van der Waals surface area (Å²) in [5.74, 6) is -0.409. The molecule has 0 atom stereocenters. The van der Waals surface area contributed by atoms with Crippen LogP contribution in [0.1, 0.15) is 21.5 Å². The van der Waals surface area contributed by atoms with Crippen molar-refractivity contribution in [1.29, 1.82) is 0 Å². The van der Waals surface area contributed by atoms with Gasteiger partial charge in [-0.05, 0) is 36.8 Å². The Morgan fingerprint density at radius 1 is 0.862 bits per heavy atom. The van der Waals surface area contributed by atoms with Gasteiger partial charge in [-0.25, -0.2) is 0 Å². The number of carbonyl (C=O) groups excluding carboxylic acids is 2. The zero-order valence-electron chi connectivity index (χ0n) is 16.7. The molecule has 0 unspecified atom stereocenters. The first-order valence-electron chi connectivity index (χ1n) is 9.52. The molecule has 3 aromatic rings. The third-order valence-electron chi connectivity index (χ3n) is 4.60. The fourth-order valence-electron chi connectivity index (χ4n) is 2.95. The predicted molar refractivity (Wildman–Crippen MR) is 117 cm³/mol. The second kappa shape index (κ2) is 9.55. The highest BCUT2D eigenvalue weighted by Gasteiger charge is 2.14. The molecule has 0 aliphatic heterocycles. The van der Waals surface area contributed by atoms with Gasteiger partial charge in [0.15, 0.2) is 0 Å². The lowest BCUT2D eigenvalue weighted by Crippen LogP contribution is -2.31. The van der Waals surface area contributed by atoms with E-state index in [0.29, 0.717) is 17.8 Å². The van der Waals surface area contributed by atoms with Gasteiger partial charge >= 0.3 is 0 Å². The molecule has 0 heterocycles. The molecule has 0 aliphatic carbocycles. The van der Waals surface area contributed by atoms with Crippen molar-refractivity contribution >= 4 is 23.2 Å². The molecule has 29 heavy (non-hydrogen) atoms. The van der Waals surface area contributed by atoms with E-state index in [4.69, 9.17) is 0 Å². The van der Waals surface area contributed by atoms with Crippen LogP contribution in [0.3, 0.4) is 0 Å². The molecule has 5 heteroatoms. The molecular formula is C24H25N3O2. The van der Waals surface area contributed by atoms with Crippen LogP contribution in [0, 0.1) is 6.92 Å². The van der Waals surface area contributed by atoms with E-state index in [2.05, 4.69) is 10.6 Å². The van der Waals surface area contributed by atoms with E-state index in [0.717, 1.165) is 11.3 Å². The molecule has 0 saturated carbocycles. The minimum absolute atomic E-state index is 0.184. The van der Waals surface area contributed by atoms with Crippen molar-refractivity contribution < 1.29 is 9.59 Å². The first-order valence-corrected chi connectivity index (χ1v) is 9.52. The van der Waals surface area contributed by atoms with Gasteiger partial charge in [0, 0.05) is 19.3 Å². The minimum atomic E-state index is -0.224. The van der Waals surface area contributed by atoms with Crippen LogP contribution < -0.4 is 15.5 Å². The molecule has 0 bridgehead atoms. The van der Waals surface area contributed by atoms with Gasteiger partial charge in [-0.1, -0.05) is 60.2 Å². The van der Waals surface area contributed by atoms with Gasteiger partial charge in [0.05, 0.1) is 17.8 Å². The third kappa shape index (κ3) is 5.69. The monoisotopic (exact) mass is 387 g/mol. The first-order chi connectivity index (χ1) is 14.0. The van der Waals surface area contributed by atoms with Crippen LogP contribution in [0.2, 0.25) is 0 Å². The highest BCUT2D eigenvalue weighted by atomic mass is 16.2. The number of hydrogen-bond donors (Lipinski definition) is 2. The summed E-state index contributed by atoms with van der Waals surface area (Å²) in [4.78, 5) is 27.0. The number of para-hydroxylation sites is 2. The van der Waals surface area contributed by atoms with E-state index in [1.165, 1.54) is 5.56 Å². The van der Waals surface area contributed by atoms with Crippen molar-refractivity contribution in [2.45, 2.75) is 13.5 Å². The predicted octanol–water partition coefficient (Wildman–Crippen LogP) is 4.00. The average molecular weight is 387 g/mol. The zero-order chi connectivity index (χ0) is 20.6. The van der Waals surface area contributed by atoms with Crippen LogP contribution >= 0.6 is 0 Å². The Balaban J connectivity index is 1.62. The number of hydrogen-bond acceptors (Lipinski definition) is 3. The summed E-state index contributed by atoms with van der Waals surface area (Å²) in [5.41, 5.74) is 4.09. The van der Waals surface area contributed by atoms with Gasteiger partial charge < -0.3 is 15.5 Å². The number of likely N-dealkylation sites (N-methyl/N-ethyl adjacent to an activating group) is 1. The normalized spacial score (nSPS) is 10.3. The molecule has 148 valence electrons. The summed E-state index contributed by atoms with van der Waals surface area (Å²) >= 11 is 0. The maximum atomic E-state index is 12.7. The number of nitrogens with zero attached hydrogens (tertiary/aromatic N) is 1. The van der Waals surface area contributed by atoms with Crippen molar-refractivity contribution in [3.8, 4) is 0 Å². The third-order valence-corrected chi connectivity index (χ3v) is 4.60. The molecule has 0 aromatic heterocycles. The SMILES string of the molecule is Cc1ccc(CNC(=O)c2ccccc2NC(=O)CN(C)c2ccccc2)cc1. The van der Waals surface area contributed by atoms with E-state index >= 15 is 0 Å². The van der Waals surface area contributed by atoms with Crippen molar-refractivity contribution in [3.05, 3.63) is 95.6 Å². The van der Waals surface area contributed by atoms with Crippen LogP contribution in [-0.4, -0.2) is 25.4 Å². The lowest BCUT2D eigenvalue weighted by atomic mass is 10.1. The Hall–Kier alpha value is -3.60. The average Bonchev–Trinajstić information content (AvgIpc) is 2.74. The number of amides is 2. The van der Waals surface area contributed by atoms with Crippen molar-refractivity contribution in [2.75, 3.05) is 23.8 Å². The smallest absolute Gasteiger partial charge is 0.253 e. The lowest BCUT2D eigenvalue weighted by Gasteiger charge is -2.19. The molecule has 0 saturated heterocycles. The molecule has 2 N–H and O–H groups in total. The quantitative estimate of drug-likeness (QED) is 0.644. The summed E-state index contributed by atoms with van der Waals surface area (Å²) in [5, 5.41) is 5.77. The van der Waals surface area contributed by atoms with Crippen LogP contribution in [-0.2, 0) is 11.3 Å². The van der Waals surface area contributed by atoms with Crippen LogP contribution in [0.4, 0.5) is 11.4 Å². The largest absolute Gasteiger partial charge is 0.365 e. The number of anilines is 2. The fourth-order valence-corrected chi connectivity index (χ4v) is 2.95. The fraction of sp³-hybridized carbons (Fsp3) is 0.167. The topological polar surface area (TPSA) is 61.4 Å². The maximum absolute atomic E-state index is 12.7. The van der Waals surface area contributed by atoms with E-state index in [-0.39, 0.29) is 18.4 Å². The molecule has 5 nitrogen and oxygen atoms in total. The van der Waals surface area contributed by atoms with Gasteiger partial charge in [0.2, 0.25) is 5.91 Å². The molecular weight excluding hydrogens is 362 g/mol. The molecule has 0 aliphatic rings. The van der Waals surface area contributed by atoms with Gasteiger partial charge in [-0.3, -0.25) is 9.59 Å². The number of nitrogens with one attached hydrogen (secondary N) is 2. The van der Waals surface area contributed by atoms with Crippen molar-refractivity contribution in [3.63, 3.8) is 0 Å². The molecule has 3 aromatic carbocycles. The Morgan fingerprint density at radius 3 is 2.24 bits per heavy atom. The maximum Gasteiger partial charge on any atom is 0.253 e. The van der Waals surface area contributed by atoms with E-state index in [9.17, 15) is 9.59 Å². The first kappa shape index (κ1) is 20.1. The molecule has 0 fully saturated rings. The van der Waals surface area contributed by atoms with Gasteiger partial charge in [-0.15, -0.1) is 0 Å². The zero-order valence-corrected chi connectivity index (χ0v) is 16.7. The number of benzene rings is 3. The Labute approximate surface area is 171 Å². The number of rotatable bonds is 7. The minimum Gasteiger partial charge on any atom is -0.365 e. The Morgan fingerprint density at radius 2 is 1.52 bits per heavy atom. The highest BCUT2D eigenvalue weighted by molar-refractivity contribution is 6.04. The Kier molecular flexibility index (Phi) is 6.63. The summed E-state index contributed by atoms with van der Waals surface area (Å²) in [6.07, 6.45) is 0.